The van der Waals surface area contributed by atoms with Gasteiger partial charge in [-0.2, -0.15) is 0 Å². The Labute approximate surface area is 153 Å². The molecule has 0 atom stereocenters. The van der Waals surface area contributed by atoms with Crippen molar-refractivity contribution in [3.8, 4) is 11.3 Å². The summed E-state index contributed by atoms with van der Waals surface area (Å²) in [5.41, 5.74) is 3.73. The Hall–Kier alpha value is -2.97. The molecule has 3 aromatic rings. The van der Waals surface area contributed by atoms with Crippen LogP contribution in [0, 0.1) is 0 Å². The summed E-state index contributed by atoms with van der Waals surface area (Å²) in [4.78, 5) is 31.1. The van der Waals surface area contributed by atoms with Crippen molar-refractivity contribution >= 4 is 23.2 Å². The van der Waals surface area contributed by atoms with Crippen LogP contribution in [-0.2, 0) is 13.1 Å². The largest absolute Gasteiger partial charge is 0.329 e. The Morgan fingerprint density at radius 2 is 1.85 bits per heavy atom. The zero-order chi connectivity index (χ0) is 18.1. The molecule has 0 unspecified atom stereocenters. The molecule has 2 aromatic heterocycles. The minimum Gasteiger partial charge on any atom is -0.329 e. The SMILES string of the molecule is O=C(NO)c1ccc(C(=O)N2CCn3c(-c4ccccc4)cnc3C2)s1. The van der Waals surface area contributed by atoms with Gasteiger partial charge in [-0.1, -0.05) is 30.3 Å². The van der Waals surface area contributed by atoms with E-state index < -0.39 is 5.91 Å². The second kappa shape index (κ2) is 6.74. The first kappa shape index (κ1) is 16.5. The van der Waals surface area contributed by atoms with Gasteiger partial charge in [0.15, 0.2) is 0 Å². The second-order valence-corrected chi connectivity index (χ2v) is 6.99. The summed E-state index contributed by atoms with van der Waals surface area (Å²) < 4.78 is 2.14. The summed E-state index contributed by atoms with van der Waals surface area (Å²) in [7, 11) is 0. The highest BCUT2D eigenvalue weighted by Gasteiger charge is 2.26. The lowest BCUT2D eigenvalue weighted by Crippen LogP contribution is -2.38. The van der Waals surface area contributed by atoms with E-state index in [4.69, 9.17) is 5.21 Å². The van der Waals surface area contributed by atoms with Crippen LogP contribution in [0.5, 0.6) is 0 Å². The molecule has 0 spiro atoms. The van der Waals surface area contributed by atoms with Crippen LogP contribution in [0.15, 0.2) is 48.7 Å². The molecule has 26 heavy (non-hydrogen) atoms. The van der Waals surface area contributed by atoms with Crippen molar-refractivity contribution < 1.29 is 14.8 Å². The van der Waals surface area contributed by atoms with Gasteiger partial charge in [-0.05, 0) is 17.7 Å². The van der Waals surface area contributed by atoms with Gasteiger partial charge in [0, 0.05) is 13.1 Å². The maximum Gasteiger partial charge on any atom is 0.284 e. The average Bonchev–Trinajstić information content (AvgIpc) is 3.34. The van der Waals surface area contributed by atoms with E-state index in [-0.39, 0.29) is 5.91 Å². The number of aromatic nitrogens is 2. The zero-order valence-electron chi connectivity index (χ0n) is 13.8. The van der Waals surface area contributed by atoms with Crippen LogP contribution >= 0.6 is 11.3 Å². The topological polar surface area (TPSA) is 87.5 Å². The number of fused-ring (bicyclic) bond motifs is 1. The third-order valence-electron chi connectivity index (χ3n) is 4.36. The Morgan fingerprint density at radius 1 is 1.08 bits per heavy atom. The van der Waals surface area contributed by atoms with E-state index in [1.165, 1.54) is 6.07 Å². The predicted octanol–water partition coefficient (Wildman–Crippen LogP) is 2.39. The molecule has 3 heterocycles. The van der Waals surface area contributed by atoms with E-state index in [2.05, 4.69) is 9.55 Å². The number of rotatable bonds is 3. The van der Waals surface area contributed by atoms with Crippen LogP contribution < -0.4 is 5.48 Å². The van der Waals surface area contributed by atoms with Gasteiger partial charge in [-0.3, -0.25) is 14.8 Å². The van der Waals surface area contributed by atoms with E-state index >= 15 is 0 Å². The van der Waals surface area contributed by atoms with Gasteiger partial charge < -0.3 is 9.47 Å². The number of nitrogens with zero attached hydrogens (tertiary/aromatic N) is 3. The number of carbonyl (C=O) groups is 2. The first-order valence-corrected chi connectivity index (χ1v) is 8.92. The molecule has 132 valence electrons. The third-order valence-corrected chi connectivity index (χ3v) is 5.43. The molecule has 0 bridgehead atoms. The van der Waals surface area contributed by atoms with Crippen LogP contribution in [-0.4, -0.2) is 38.0 Å². The van der Waals surface area contributed by atoms with Crippen LogP contribution in [0.25, 0.3) is 11.3 Å². The maximum absolute atomic E-state index is 12.7. The van der Waals surface area contributed by atoms with Crippen molar-refractivity contribution in [3.63, 3.8) is 0 Å². The number of carbonyl (C=O) groups excluding carboxylic acids is 2. The predicted molar refractivity (Wildman–Crippen MR) is 96.0 cm³/mol. The summed E-state index contributed by atoms with van der Waals surface area (Å²) in [5, 5.41) is 8.69. The van der Waals surface area contributed by atoms with Crippen LogP contribution in [0.2, 0.25) is 0 Å². The molecule has 2 N–H and O–H groups in total. The lowest BCUT2D eigenvalue weighted by molar-refractivity contribution is 0.0708. The summed E-state index contributed by atoms with van der Waals surface area (Å²) in [6, 6.07) is 13.2. The van der Waals surface area contributed by atoms with Crippen LogP contribution in [0.1, 0.15) is 25.2 Å². The summed E-state index contributed by atoms with van der Waals surface area (Å²) in [6.07, 6.45) is 1.84. The van der Waals surface area contributed by atoms with Crippen LogP contribution in [0.4, 0.5) is 0 Å². The van der Waals surface area contributed by atoms with Crippen molar-refractivity contribution in [2.75, 3.05) is 6.54 Å². The minimum atomic E-state index is -0.615. The normalized spacial score (nSPS) is 13.3. The smallest absolute Gasteiger partial charge is 0.284 e. The number of nitrogens with one attached hydrogen (secondary N) is 1. The van der Waals surface area contributed by atoms with Crippen molar-refractivity contribution in [3.05, 3.63) is 64.2 Å². The van der Waals surface area contributed by atoms with Gasteiger partial charge in [-0.15, -0.1) is 11.3 Å². The lowest BCUT2D eigenvalue weighted by atomic mass is 10.1. The first-order valence-electron chi connectivity index (χ1n) is 8.11. The molecule has 0 saturated carbocycles. The summed E-state index contributed by atoms with van der Waals surface area (Å²) >= 11 is 1.06. The first-order chi connectivity index (χ1) is 12.7. The molecule has 7 nitrogen and oxygen atoms in total. The number of benzene rings is 1. The molecule has 2 amide bonds. The molecule has 4 rings (SSSR count). The van der Waals surface area contributed by atoms with Gasteiger partial charge in [0.25, 0.3) is 11.8 Å². The van der Waals surface area contributed by atoms with E-state index in [9.17, 15) is 9.59 Å². The molecule has 0 fully saturated rings. The lowest BCUT2D eigenvalue weighted by Gasteiger charge is -2.28. The highest BCUT2D eigenvalue weighted by atomic mass is 32.1. The van der Waals surface area contributed by atoms with Gasteiger partial charge in [-0.25, -0.2) is 10.5 Å². The molecule has 8 heteroatoms. The molecule has 1 aromatic carbocycles. The summed E-state index contributed by atoms with van der Waals surface area (Å²) in [6.45, 7) is 1.66. The monoisotopic (exact) mass is 368 g/mol. The average molecular weight is 368 g/mol. The Bertz CT molecular complexity index is 964. The second-order valence-electron chi connectivity index (χ2n) is 5.91. The number of hydroxylamine groups is 1. The molecule has 1 aliphatic rings. The number of amides is 2. The van der Waals surface area contributed by atoms with E-state index in [0.717, 1.165) is 28.4 Å². The van der Waals surface area contributed by atoms with Gasteiger partial charge in [0.2, 0.25) is 0 Å². The molecule has 0 radical (unpaired) electrons. The number of imidazole rings is 1. The highest BCUT2D eigenvalue weighted by molar-refractivity contribution is 7.15. The number of hydrogen-bond acceptors (Lipinski definition) is 5. The standard InChI is InChI=1S/C18H16N4O3S/c23-17(20-25)14-6-7-15(26-14)18(24)21-8-9-22-13(10-19-16(22)11-21)12-4-2-1-3-5-12/h1-7,10,25H,8-9,11H2,(H,20,23). The Balaban J connectivity index is 1.54. The van der Waals surface area contributed by atoms with Gasteiger partial charge in [0.05, 0.1) is 28.2 Å². The number of thiophene rings is 1. The Morgan fingerprint density at radius 3 is 2.62 bits per heavy atom. The zero-order valence-corrected chi connectivity index (χ0v) is 14.6. The van der Waals surface area contributed by atoms with Gasteiger partial charge in [0.1, 0.15) is 5.82 Å². The van der Waals surface area contributed by atoms with E-state index in [1.807, 2.05) is 36.5 Å². The van der Waals surface area contributed by atoms with Crippen LogP contribution in [0.3, 0.4) is 0 Å². The molecular weight excluding hydrogens is 352 g/mol. The third kappa shape index (κ3) is 2.89. The van der Waals surface area contributed by atoms with Crippen molar-refractivity contribution in [2.45, 2.75) is 13.1 Å². The fraction of sp³-hybridized carbons (Fsp3) is 0.167. The minimum absolute atomic E-state index is 0.137. The van der Waals surface area contributed by atoms with E-state index in [0.29, 0.717) is 29.4 Å². The summed E-state index contributed by atoms with van der Waals surface area (Å²) in [5.74, 6) is 0.0894. The van der Waals surface area contributed by atoms with Crippen molar-refractivity contribution in [2.24, 2.45) is 0 Å². The molecular formula is C18H16N4O3S. The quantitative estimate of drug-likeness (QED) is 0.549. The molecule has 1 aliphatic heterocycles. The fourth-order valence-electron chi connectivity index (χ4n) is 3.06. The van der Waals surface area contributed by atoms with Crippen molar-refractivity contribution in [1.29, 1.82) is 0 Å². The van der Waals surface area contributed by atoms with Crippen molar-refractivity contribution in [1.82, 2.24) is 19.9 Å². The fourth-order valence-corrected chi connectivity index (χ4v) is 3.92. The van der Waals surface area contributed by atoms with Gasteiger partial charge >= 0.3 is 0 Å². The van der Waals surface area contributed by atoms with E-state index in [1.54, 1.807) is 16.4 Å². The maximum atomic E-state index is 12.7. The molecule has 0 aliphatic carbocycles. The highest BCUT2D eigenvalue weighted by Crippen LogP contribution is 2.25. The Kier molecular flexibility index (Phi) is 4.27. The molecule has 0 saturated heterocycles. The number of hydrogen-bond donors (Lipinski definition) is 2.